The van der Waals surface area contributed by atoms with E-state index < -0.39 is 0 Å². The van der Waals surface area contributed by atoms with Crippen molar-refractivity contribution in [3.8, 4) is 11.1 Å². The molecule has 0 unspecified atom stereocenters. The van der Waals surface area contributed by atoms with Crippen molar-refractivity contribution in [1.29, 1.82) is 0 Å². The van der Waals surface area contributed by atoms with Gasteiger partial charge in [0, 0.05) is 31.7 Å². The van der Waals surface area contributed by atoms with Crippen LogP contribution in [-0.4, -0.2) is 30.5 Å². The van der Waals surface area contributed by atoms with Crippen molar-refractivity contribution < 1.29 is 4.52 Å². The topological polar surface area (TPSA) is 54.2 Å². The maximum atomic E-state index is 5.32. The van der Waals surface area contributed by atoms with Gasteiger partial charge in [-0.25, -0.2) is 4.98 Å². The lowest BCUT2D eigenvalue weighted by Crippen LogP contribution is -2.08. The molecule has 24 heavy (non-hydrogen) atoms. The van der Waals surface area contributed by atoms with Gasteiger partial charge in [0.05, 0.1) is 5.56 Å². The van der Waals surface area contributed by atoms with E-state index in [4.69, 9.17) is 4.52 Å². The number of aromatic nitrogens is 2. The van der Waals surface area contributed by atoms with Crippen LogP contribution in [0.1, 0.15) is 5.76 Å². The van der Waals surface area contributed by atoms with Gasteiger partial charge in [0.25, 0.3) is 0 Å². The second-order valence-corrected chi connectivity index (χ2v) is 6.41. The Morgan fingerprint density at radius 1 is 1.12 bits per heavy atom. The molecule has 0 aliphatic heterocycles. The van der Waals surface area contributed by atoms with Gasteiger partial charge < -0.3 is 14.7 Å². The molecular weight excluding hydrogens is 320 g/mol. The number of hydrogen-bond donors (Lipinski definition) is 1. The summed E-state index contributed by atoms with van der Waals surface area (Å²) in [6.45, 7) is 1.93. The van der Waals surface area contributed by atoms with E-state index >= 15 is 0 Å². The minimum atomic E-state index is 0.790. The standard InChI is InChI=1S/C18H20N4OS/c1-12-17(18(24-4)21-23-12)13-9-10-19-16(11-13)20-14-5-7-15(8-6-14)22(2)3/h5-11H,1-4H3,(H,19,20). The van der Waals surface area contributed by atoms with Crippen molar-refractivity contribution in [2.45, 2.75) is 11.9 Å². The monoisotopic (exact) mass is 340 g/mol. The quantitative estimate of drug-likeness (QED) is 0.686. The first kappa shape index (κ1) is 16.4. The predicted octanol–water partition coefficient (Wildman–Crippen LogP) is 4.58. The van der Waals surface area contributed by atoms with Crippen LogP contribution >= 0.6 is 11.8 Å². The van der Waals surface area contributed by atoms with Crippen molar-refractivity contribution in [2.75, 3.05) is 30.6 Å². The molecule has 0 bridgehead atoms. The summed E-state index contributed by atoms with van der Waals surface area (Å²) in [5, 5.41) is 8.32. The number of pyridine rings is 1. The summed E-state index contributed by atoms with van der Waals surface area (Å²) in [7, 11) is 4.05. The van der Waals surface area contributed by atoms with Gasteiger partial charge in [0.15, 0.2) is 0 Å². The first-order valence-electron chi connectivity index (χ1n) is 7.59. The molecular formula is C18H20N4OS. The lowest BCUT2D eigenvalue weighted by atomic mass is 10.1. The van der Waals surface area contributed by atoms with Gasteiger partial charge >= 0.3 is 0 Å². The summed E-state index contributed by atoms with van der Waals surface area (Å²) < 4.78 is 5.32. The Morgan fingerprint density at radius 3 is 2.54 bits per heavy atom. The maximum Gasteiger partial charge on any atom is 0.147 e. The number of nitrogens with one attached hydrogen (secondary N) is 1. The summed E-state index contributed by atoms with van der Waals surface area (Å²) in [6.07, 6.45) is 3.79. The molecule has 0 aliphatic carbocycles. The average molecular weight is 340 g/mol. The third-order valence-electron chi connectivity index (χ3n) is 3.73. The highest BCUT2D eigenvalue weighted by Gasteiger charge is 2.14. The number of aryl methyl sites for hydroxylation is 1. The third-order valence-corrected chi connectivity index (χ3v) is 4.39. The Bertz CT molecular complexity index is 827. The molecule has 2 heterocycles. The van der Waals surface area contributed by atoms with Crippen LogP contribution in [-0.2, 0) is 0 Å². The van der Waals surface area contributed by atoms with Crippen LogP contribution in [0.3, 0.4) is 0 Å². The van der Waals surface area contributed by atoms with E-state index in [9.17, 15) is 0 Å². The van der Waals surface area contributed by atoms with Gasteiger partial charge in [-0.15, -0.1) is 11.8 Å². The van der Waals surface area contributed by atoms with E-state index in [0.29, 0.717) is 0 Å². The lowest BCUT2D eigenvalue weighted by molar-refractivity contribution is 0.384. The first-order valence-corrected chi connectivity index (χ1v) is 8.82. The van der Waals surface area contributed by atoms with Crippen LogP contribution in [0.15, 0.2) is 52.1 Å². The fourth-order valence-electron chi connectivity index (χ4n) is 2.46. The second-order valence-electron chi connectivity index (χ2n) is 5.62. The Balaban J connectivity index is 1.87. The summed E-state index contributed by atoms with van der Waals surface area (Å²) in [5.74, 6) is 1.60. The van der Waals surface area contributed by atoms with Crippen LogP contribution in [0.2, 0.25) is 0 Å². The van der Waals surface area contributed by atoms with Crippen molar-refractivity contribution >= 4 is 29.0 Å². The zero-order valence-electron chi connectivity index (χ0n) is 14.2. The fourth-order valence-corrected chi connectivity index (χ4v) is 3.04. The molecule has 0 saturated heterocycles. The summed E-state index contributed by atoms with van der Waals surface area (Å²) in [6, 6.07) is 12.2. The van der Waals surface area contributed by atoms with Gasteiger partial charge in [-0.3, -0.25) is 0 Å². The Kier molecular flexibility index (Phi) is 4.76. The molecule has 1 aromatic carbocycles. The van der Waals surface area contributed by atoms with Crippen LogP contribution in [0, 0.1) is 6.92 Å². The maximum absolute atomic E-state index is 5.32. The SMILES string of the molecule is CSc1noc(C)c1-c1ccnc(Nc2ccc(N(C)C)cc2)c1. The van der Waals surface area contributed by atoms with E-state index in [0.717, 1.165) is 39.1 Å². The average Bonchev–Trinajstić information content (AvgIpc) is 2.96. The van der Waals surface area contributed by atoms with E-state index in [1.807, 2.05) is 51.5 Å². The van der Waals surface area contributed by atoms with Gasteiger partial charge in [-0.2, -0.15) is 0 Å². The van der Waals surface area contributed by atoms with Crippen LogP contribution in [0.5, 0.6) is 0 Å². The molecule has 3 aromatic rings. The van der Waals surface area contributed by atoms with Gasteiger partial charge in [-0.1, -0.05) is 5.16 Å². The number of benzene rings is 1. The van der Waals surface area contributed by atoms with Crippen molar-refractivity contribution in [3.63, 3.8) is 0 Å². The molecule has 0 amide bonds. The summed E-state index contributed by atoms with van der Waals surface area (Å²) in [4.78, 5) is 6.48. The van der Waals surface area contributed by atoms with Crippen molar-refractivity contribution in [1.82, 2.24) is 10.1 Å². The lowest BCUT2D eigenvalue weighted by Gasteiger charge is -2.13. The molecule has 6 heteroatoms. The molecule has 0 aliphatic rings. The van der Waals surface area contributed by atoms with Crippen LogP contribution in [0.4, 0.5) is 17.2 Å². The van der Waals surface area contributed by atoms with Gasteiger partial charge in [0.1, 0.15) is 16.6 Å². The smallest absolute Gasteiger partial charge is 0.147 e. The first-order chi connectivity index (χ1) is 11.6. The normalized spacial score (nSPS) is 10.7. The Labute approximate surface area is 146 Å². The molecule has 0 spiro atoms. The molecule has 0 saturated carbocycles. The number of hydrogen-bond acceptors (Lipinski definition) is 6. The largest absolute Gasteiger partial charge is 0.378 e. The Morgan fingerprint density at radius 2 is 1.88 bits per heavy atom. The van der Waals surface area contributed by atoms with Crippen LogP contribution < -0.4 is 10.2 Å². The second kappa shape index (κ2) is 6.97. The minimum Gasteiger partial charge on any atom is -0.378 e. The highest BCUT2D eigenvalue weighted by atomic mass is 32.2. The highest BCUT2D eigenvalue weighted by molar-refractivity contribution is 7.98. The van der Waals surface area contributed by atoms with E-state index in [1.165, 1.54) is 0 Å². The summed E-state index contributed by atoms with van der Waals surface area (Å²) >= 11 is 1.57. The number of thioether (sulfide) groups is 1. The van der Waals surface area contributed by atoms with Crippen LogP contribution in [0.25, 0.3) is 11.1 Å². The van der Waals surface area contributed by atoms with Gasteiger partial charge in [0.2, 0.25) is 0 Å². The van der Waals surface area contributed by atoms with E-state index in [2.05, 4.69) is 32.5 Å². The Hall–Kier alpha value is -2.47. The molecule has 2 aromatic heterocycles. The highest BCUT2D eigenvalue weighted by Crippen LogP contribution is 2.33. The van der Waals surface area contributed by atoms with E-state index in [1.54, 1.807) is 18.0 Å². The zero-order valence-corrected chi connectivity index (χ0v) is 15.0. The molecule has 0 radical (unpaired) electrons. The molecule has 3 rings (SSSR count). The number of anilines is 3. The summed E-state index contributed by atoms with van der Waals surface area (Å²) in [5.41, 5.74) is 4.22. The number of nitrogens with zero attached hydrogens (tertiary/aromatic N) is 3. The fraction of sp³-hybridized carbons (Fsp3) is 0.222. The molecule has 5 nitrogen and oxygen atoms in total. The van der Waals surface area contributed by atoms with Gasteiger partial charge in [-0.05, 0) is 55.1 Å². The minimum absolute atomic E-state index is 0.790. The number of rotatable bonds is 5. The zero-order chi connectivity index (χ0) is 17.1. The third kappa shape index (κ3) is 3.38. The molecule has 0 fully saturated rings. The van der Waals surface area contributed by atoms with Crippen molar-refractivity contribution in [2.24, 2.45) is 0 Å². The van der Waals surface area contributed by atoms with Crippen molar-refractivity contribution in [3.05, 3.63) is 48.4 Å². The molecule has 0 atom stereocenters. The van der Waals surface area contributed by atoms with E-state index in [-0.39, 0.29) is 0 Å². The predicted molar refractivity (Wildman–Crippen MR) is 100 cm³/mol. The molecule has 124 valence electrons. The molecule has 1 N–H and O–H groups in total.